The Morgan fingerprint density at radius 2 is 2.30 bits per heavy atom. The number of aromatic amines is 1. The number of nitrogens with zero attached hydrogens (tertiary/aromatic N) is 1. The van der Waals surface area contributed by atoms with Crippen LogP contribution in [-0.4, -0.2) is 35.7 Å². The minimum Gasteiger partial charge on any atom is -0.356 e. The minimum absolute atomic E-state index is 0.0605. The van der Waals surface area contributed by atoms with E-state index < -0.39 is 0 Å². The Morgan fingerprint density at radius 3 is 3.15 bits per heavy atom. The monoisotopic (exact) mass is 272 g/mol. The largest absolute Gasteiger partial charge is 0.356 e. The number of hydrogen-bond donors (Lipinski definition) is 3. The number of H-pyrrole nitrogens is 1. The first-order valence-corrected chi connectivity index (χ1v) is 7.22. The second-order valence-corrected chi connectivity index (χ2v) is 5.39. The summed E-state index contributed by atoms with van der Waals surface area (Å²) >= 11 is 0. The van der Waals surface area contributed by atoms with Gasteiger partial charge >= 0.3 is 0 Å². The maximum Gasteiger partial charge on any atom is 0.226 e. The third-order valence-corrected chi connectivity index (χ3v) is 3.91. The van der Waals surface area contributed by atoms with Gasteiger partial charge in [0.15, 0.2) is 0 Å². The van der Waals surface area contributed by atoms with Crippen molar-refractivity contribution < 1.29 is 4.79 Å². The highest BCUT2D eigenvalue weighted by Crippen LogP contribution is 2.15. The lowest BCUT2D eigenvalue weighted by Crippen LogP contribution is -2.28. The van der Waals surface area contributed by atoms with Gasteiger partial charge in [-0.25, -0.2) is 0 Å². The summed E-state index contributed by atoms with van der Waals surface area (Å²) in [6.45, 7) is 2.96. The van der Waals surface area contributed by atoms with Gasteiger partial charge < -0.3 is 10.6 Å². The Labute approximate surface area is 118 Å². The highest BCUT2D eigenvalue weighted by atomic mass is 16.1. The number of nitrogens with one attached hydrogen (secondary N) is 3. The molecule has 2 heterocycles. The van der Waals surface area contributed by atoms with E-state index in [2.05, 4.69) is 20.8 Å². The van der Waals surface area contributed by atoms with E-state index in [0.717, 1.165) is 42.7 Å². The molecule has 1 aliphatic rings. The van der Waals surface area contributed by atoms with E-state index >= 15 is 0 Å². The SMILES string of the molecule is O=C(Cc1[nH]nc2ccccc12)NCCC1CCNC1. The normalized spacial score (nSPS) is 18.5. The van der Waals surface area contributed by atoms with E-state index in [9.17, 15) is 4.79 Å². The smallest absolute Gasteiger partial charge is 0.226 e. The number of amides is 1. The Hall–Kier alpha value is -1.88. The van der Waals surface area contributed by atoms with Crippen LogP contribution in [0.3, 0.4) is 0 Å². The first kappa shape index (κ1) is 13.1. The highest BCUT2D eigenvalue weighted by molar-refractivity contribution is 5.87. The van der Waals surface area contributed by atoms with Crippen LogP contribution < -0.4 is 10.6 Å². The third kappa shape index (κ3) is 2.99. The zero-order valence-corrected chi connectivity index (χ0v) is 11.5. The van der Waals surface area contributed by atoms with Crippen molar-refractivity contribution in [3.8, 4) is 0 Å². The van der Waals surface area contributed by atoms with Crippen LogP contribution in [0.25, 0.3) is 10.9 Å². The van der Waals surface area contributed by atoms with Crippen molar-refractivity contribution in [1.29, 1.82) is 0 Å². The number of benzene rings is 1. The molecule has 5 heteroatoms. The molecule has 1 aromatic carbocycles. The molecule has 1 fully saturated rings. The molecule has 1 unspecified atom stereocenters. The molecule has 0 saturated carbocycles. The summed E-state index contributed by atoms with van der Waals surface area (Å²) in [5, 5.41) is 14.5. The number of rotatable bonds is 5. The standard InChI is InChI=1S/C15H20N4O/c20-15(17-8-6-11-5-7-16-10-11)9-14-12-3-1-2-4-13(12)18-19-14/h1-4,11,16H,5-10H2,(H,17,20)(H,18,19). The summed E-state index contributed by atoms with van der Waals surface area (Å²) in [6, 6.07) is 7.85. The molecule has 1 saturated heterocycles. The number of fused-ring (bicyclic) bond motifs is 1. The average Bonchev–Trinajstić information content (AvgIpc) is 3.09. The van der Waals surface area contributed by atoms with Crippen molar-refractivity contribution in [2.45, 2.75) is 19.3 Å². The lowest BCUT2D eigenvalue weighted by Gasteiger charge is -2.09. The topological polar surface area (TPSA) is 69.8 Å². The van der Waals surface area contributed by atoms with E-state index in [0.29, 0.717) is 12.3 Å². The zero-order chi connectivity index (χ0) is 13.8. The fourth-order valence-electron chi connectivity index (χ4n) is 2.75. The van der Waals surface area contributed by atoms with Gasteiger partial charge in [0.1, 0.15) is 0 Å². The van der Waals surface area contributed by atoms with Gasteiger partial charge in [0, 0.05) is 11.9 Å². The fourth-order valence-corrected chi connectivity index (χ4v) is 2.75. The van der Waals surface area contributed by atoms with Crippen molar-refractivity contribution in [2.75, 3.05) is 19.6 Å². The first-order chi connectivity index (χ1) is 9.83. The Balaban J connectivity index is 1.50. The lowest BCUT2D eigenvalue weighted by molar-refractivity contribution is -0.120. The van der Waals surface area contributed by atoms with E-state index in [1.807, 2.05) is 24.3 Å². The van der Waals surface area contributed by atoms with Gasteiger partial charge in [0.25, 0.3) is 0 Å². The fraction of sp³-hybridized carbons (Fsp3) is 0.467. The second-order valence-electron chi connectivity index (χ2n) is 5.39. The molecule has 0 bridgehead atoms. The maximum atomic E-state index is 12.0. The van der Waals surface area contributed by atoms with E-state index in [-0.39, 0.29) is 5.91 Å². The highest BCUT2D eigenvalue weighted by Gasteiger charge is 2.14. The van der Waals surface area contributed by atoms with Crippen LogP contribution in [0, 0.1) is 5.92 Å². The predicted octanol–water partition coefficient (Wildman–Crippen LogP) is 1.22. The number of carbonyl (C=O) groups excluding carboxylic acids is 1. The quantitative estimate of drug-likeness (QED) is 0.766. The van der Waals surface area contributed by atoms with Gasteiger partial charge in [-0.1, -0.05) is 18.2 Å². The zero-order valence-electron chi connectivity index (χ0n) is 11.5. The minimum atomic E-state index is 0.0605. The van der Waals surface area contributed by atoms with Gasteiger partial charge in [-0.05, 0) is 37.9 Å². The van der Waals surface area contributed by atoms with Crippen LogP contribution in [0.2, 0.25) is 0 Å². The van der Waals surface area contributed by atoms with E-state index in [4.69, 9.17) is 0 Å². The molecule has 3 rings (SSSR count). The van der Waals surface area contributed by atoms with Crippen LogP contribution in [0.15, 0.2) is 24.3 Å². The molecule has 0 radical (unpaired) electrons. The first-order valence-electron chi connectivity index (χ1n) is 7.22. The Morgan fingerprint density at radius 1 is 1.40 bits per heavy atom. The molecule has 20 heavy (non-hydrogen) atoms. The molecule has 1 atom stereocenters. The van der Waals surface area contributed by atoms with Gasteiger partial charge in [0.05, 0.1) is 17.6 Å². The lowest BCUT2D eigenvalue weighted by atomic mass is 10.1. The summed E-state index contributed by atoms with van der Waals surface area (Å²) in [6.07, 6.45) is 2.65. The van der Waals surface area contributed by atoms with Gasteiger partial charge in [0.2, 0.25) is 5.91 Å². The third-order valence-electron chi connectivity index (χ3n) is 3.91. The molecule has 1 amide bonds. The van der Waals surface area contributed by atoms with E-state index in [1.54, 1.807) is 0 Å². The van der Waals surface area contributed by atoms with Crippen LogP contribution in [-0.2, 0) is 11.2 Å². The number of para-hydroxylation sites is 1. The van der Waals surface area contributed by atoms with Crippen LogP contribution in [0.4, 0.5) is 0 Å². The Bertz CT molecular complexity index is 586. The molecular formula is C15H20N4O. The summed E-state index contributed by atoms with van der Waals surface area (Å²) in [5.74, 6) is 0.772. The molecule has 0 aliphatic carbocycles. The predicted molar refractivity (Wildman–Crippen MR) is 78.4 cm³/mol. The van der Waals surface area contributed by atoms with Crippen LogP contribution in [0.5, 0.6) is 0 Å². The molecular weight excluding hydrogens is 252 g/mol. The van der Waals surface area contributed by atoms with Crippen LogP contribution in [0.1, 0.15) is 18.5 Å². The number of carbonyl (C=O) groups is 1. The summed E-state index contributed by atoms with van der Waals surface area (Å²) in [5.41, 5.74) is 1.80. The number of aromatic nitrogens is 2. The van der Waals surface area contributed by atoms with Crippen molar-refractivity contribution in [2.24, 2.45) is 5.92 Å². The van der Waals surface area contributed by atoms with Crippen molar-refractivity contribution in [3.05, 3.63) is 30.0 Å². The summed E-state index contributed by atoms with van der Waals surface area (Å²) < 4.78 is 0. The van der Waals surface area contributed by atoms with E-state index in [1.165, 1.54) is 6.42 Å². The average molecular weight is 272 g/mol. The molecule has 5 nitrogen and oxygen atoms in total. The number of hydrogen-bond acceptors (Lipinski definition) is 3. The molecule has 1 aromatic heterocycles. The molecule has 1 aliphatic heterocycles. The van der Waals surface area contributed by atoms with Crippen molar-refractivity contribution in [1.82, 2.24) is 20.8 Å². The molecule has 3 N–H and O–H groups in total. The molecule has 106 valence electrons. The van der Waals surface area contributed by atoms with Crippen molar-refractivity contribution >= 4 is 16.8 Å². The van der Waals surface area contributed by atoms with Gasteiger partial charge in [-0.15, -0.1) is 0 Å². The Kier molecular flexibility index (Phi) is 3.97. The second kappa shape index (κ2) is 6.05. The van der Waals surface area contributed by atoms with Crippen LogP contribution >= 0.6 is 0 Å². The van der Waals surface area contributed by atoms with Gasteiger partial charge in [-0.3, -0.25) is 9.89 Å². The maximum absolute atomic E-state index is 12.0. The molecule has 0 spiro atoms. The summed E-state index contributed by atoms with van der Waals surface area (Å²) in [4.78, 5) is 12.0. The van der Waals surface area contributed by atoms with Crippen molar-refractivity contribution in [3.63, 3.8) is 0 Å². The van der Waals surface area contributed by atoms with Gasteiger partial charge in [-0.2, -0.15) is 5.10 Å². The summed E-state index contributed by atoms with van der Waals surface area (Å²) in [7, 11) is 0. The molecule has 2 aromatic rings.